The monoisotopic (exact) mass is 406 g/mol. The highest BCUT2D eigenvalue weighted by Gasteiger charge is 2.19. The van der Waals surface area contributed by atoms with Crippen LogP contribution in [0.25, 0.3) is 10.9 Å². The number of fused-ring (bicyclic) bond motifs is 1. The van der Waals surface area contributed by atoms with Crippen molar-refractivity contribution in [1.82, 2.24) is 9.47 Å². The molecule has 0 bridgehead atoms. The molecule has 0 aliphatic heterocycles. The number of aromatic carboxylic acids is 1. The lowest BCUT2D eigenvalue weighted by Gasteiger charge is -2.21. The van der Waals surface area contributed by atoms with Crippen LogP contribution < -0.4 is 4.74 Å². The number of nitrogens with zero attached hydrogens (tertiary/aromatic N) is 2. The fraction of sp³-hybridized carbons (Fsp3) is 0.250. The zero-order valence-electron chi connectivity index (χ0n) is 15.2. The standard InChI is InChI=1S/C20H20Cl2N2O3/c1-12(23(2)3)27-19-6-4-5-17-14(19)10-18(20(25)26)24(17)11-13-7-8-15(21)16(22)9-13/h4-10,12H,11H2,1-3H3,(H,25,26). The van der Waals surface area contributed by atoms with Gasteiger partial charge < -0.3 is 14.4 Å². The summed E-state index contributed by atoms with van der Waals surface area (Å²) >= 11 is 12.1. The van der Waals surface area contributed by atoms with Crippen LogP contribution in [-0.2, 0) is 6.54 Å². The van der Waals surface area contributed by atoms with Gasteiger partial charge in [-0.25, -0.2) is 4.79 Å². The predicted octanol–water partition coefficient (Wildman–Crippen LogP) is 4.98. The van der Waals surface area contributed by atoms with Gasteiger partial charge in [-0.15, -0.1) is 0 Å². The third-order valence-electron chi connectivity index (χ3n) is 4.47. The summed E-state index contributed by atoms with van der Waals surface area (Å²) < 4.78 is 7.74. The molecule has 1 heterocycles. The van der Waals surface area contributed by atoms with E-state index >= 15 is 0 Å². The third-order valence-corrected chi connectivity index (χ3v) is 5.21. The van der Waals surface area contributed by atoms with Crippen molar-refractivity contribution in [1.29, 1.82) is 0 Å². The maximum absolute atomic E-state index is 11.8. The zero-order chi connectivity index (χ0) is 19.7. The van der Waals surface area contributed by atoms with Crippen LogP contribution in [-0.4, -0.2) is 40.9 Å². The Hall–Kier alpha value is -2.21. The van der Waals surface area contributed by atoms with Crippen molar-refractivity contribution in [3.63, 3.8) is 0 Å². The van der Waals surface area contributed by atoms with E-state index in [0.717, 1.165) is 16.5 Å². The van der Waals surface area contributed by atoms with Crippen molar-refractivity contribution < 1.29 is 14.6 Å². The summed E-state index contributed by atoms with van der Waals surface area (Å²) in [5, 5.41) is 11.3. The van der Waals surface area contributed by atoms with Crippen LogP contribution in [0.4, 0.5) is 0 Å². The number of rotatable bonds is 6. The van der Waals surface area contributed by atoms with E-state index in [-0.39, 0.29) is 11.9 Å². The van der Waals surface area contributed by atoms with Crippen LogP contribution in [0.3, 0.4) is 0 Å². The topological polar surface area (TPSA) is 54.7 Å². The molecule has 0 saturated heterocycles. The number of carbonyl (C=O) groups is 1. The molecule has 1 N–H and O–H groups in total. The van der Waals surface area contributed by atoms with Crippen molar-refractivity contribution in [2.45, 2.75) is 19.7 Å². The molecule has 7 heteroatoms. The van der Waals surface area contributed by atoms with E-state index in [0.29, 0.717) is 22.3 Å². The van der Waals surface area contributed by atoms with Crippen molar-refractivity contribution in [3.05, 3.63) is 63.8 Å². The summed E-state index contributed by atoms with van der Waals surface area (Å²) in [6.45, 7) is 2.29. The highest BCUT2D eigenvalue weighted by atomic mass is 35.5. The normalized spacial score (nSPS) is 12.5. The summed E-state index contributed by atoms with van der Waals surface area (Å²) in [6, 6.07) is 12.5. The van der Waals surface area contributed by atoms with E-state index in [2.05, 4.69) is 0 Å². The lowest BCUT2D eigenvalue weighted by molar-refractivity contribution is 0.0686. The van der Waals surface area contributed by atoms with Gasteiger partial charge in [0.2, 0.25) is 0 Å². The number of carboxylic acids is 1. The second-order valence-electron chi connectivity index (χ2n) is 6.54. The molecular formula is C20H20Cl2N2O3. The average Bonchev–Trinajstić information content (AvgIpc) is 2.98. The number of aromatic nitrogens is 1. The van der Waals surface area contributed by atoms with E-state index in [1.807, 2.05) is 50.2 Å². The maximum Gasteiger partial charge on any atom is 0.352 e. The summed E-state index contributed by atoms with van der Waals surface area (Å²) in [7, 11) is 3.84. The molecule has 1 atom stereocenters. The second kappa shape index (κ2) is 7.80. The van der Waals surface area contributed by atoms with Crippen molar-refractivity contribution in [3.8, 4) is 5.75 Å². The fourth-order valence-electron chi connectivity index (χ4n) is 2.82. The van der Waals surface area contributed by atoms with Gasteiger partial charge in [-0.2, -0.15) is 0 Å². The van der Waals surface area contributed by atoms with Crippen molar-refractivity contribution in [2.24, 2.45) is 0 Å². The van der Waals surface area contributed by atoms with Gasteiger partial charge in [0.15, 0.2) is 0 Å². The summed E-state index contributed by atoms with van der Waals surface area (Å²) in [5.41, 5.74) is 1.82. The Labute approximate surface area is 167 Å². The van der Waals surface area contributed by atoms with Crippen LogP contribution in [0.5, 0.6) is 5.75 Å². The first-order valence-corrected chi connectivity index (χ1v) is 9.16. The number of benzene rings is 2. The number of hydrogen-bond donors (Lipinski definition) is 1. The minimum Gasteiger partial charge on any atom is -0.477 e. The first kappa shape index (κ1) is 19.5. The maximum atomic E-state index is 11.8. The minimum absolute atomic E-state index is 0.151. The Bertz CT molecular complexity index is 998. The number of carboxylic acid groups (broad SMARTS) is 1. The number of halogens is 2. The van der Waals surface area contributed by atoms with E-state index < -0.39 is 5.97 Å². The molecule has 0 spiro atoms. The molecule has 1 aromatic heterocycles. The van der Waals surface area contributed by atoms with E-state index in [9.17, 15) is 9.90 Å². The van der Waals surface area contributed by atoms with Gasteiger partial charge in [0, 0.05) is 11.9 Å². The highest BCUT2D eigenvalue weighted by molar-refractivity contribution is 6.42. The van der Waals surface area contributed by atoms with Gasteiger partial charge in [0.05, 0.1) is 15.6 Å². The predicted molar refractivity (Wildman–Crippen MR) is 108 cm³/mol. The molecule has 0 amide bonds. The van der Waals surface area contributed by atoms with Gasteiger partial charge in [-0.05, 0) is 56.9 Å². The molecule has 27 heavy (non-hydrogen) atoms. The van der Waals surface area contributed by atoms with E-state index in [1.54, 1.807) is 22.8 Å². The average molecular weight is 407 g/mol. The summed E-state index contributed by atoms with van der Waals surface area (Å²) in [6.07, 6.45) is -0.151. The largest absolute Gasteiger partial charge is 0.477 e. The molecular weight excluding hydrogens is 387 g/mol. The first-order chi connectivity index (χ1) is 12.8. The Morgan fingerprint density at radius 2 is 1.93 bits per heavy atom. The zero-order valence-corrected chi connectivity index (χ0v) is 16.8. The SMILES string of the molecule is CC(Oc1cccc2c1cc(C(=O)O)n2Cc1ccc(Cl)c(Cl)c1)N(C)C. The molecule has 2 aromatic carbocycles. The smallest absolute Gasteiger partial charge is 0.352 e. The summed E-state index contributed by atoms with van der Waals surface area (Å²) in [5.74, 6) is -0.359. The Morgan fingerprint density at radius 3 is 2.56 bits per heavy atom. The lowest BCUT2D eigenvalue weighted by Crippen LogP contribution is -2.30. The molecule has 3 aromatic rings. The highest BCUT2D eigenvalue weighted by Crippen LogP contribution is 2.31. The van der Waals surface area contributed by atoms with Crippen LogP contribution >= 0.6 is 23.2 Å². The molecule has 142 valence electrons. The first-order valence-electron chi connectivity index (χ1n) is 8.40. The van der Waals surface area contributed by atoms with Gasteiger partial charge in [0.25, 0.3) is 0 Å². The van der Waals surface area contributed by atoms with E-state index in [4.69, 9.17) is 27.9 Å². The van der Waals surface area contributed by atoms with Crippen LogP contribution in [0.2, 0.25) is 10.0 Å². The molecule has 3 rings (SSSR count). The Morgan fingerprint density at radius 1 is 1.19 bits per heavy atom. The molecule has 0 aliphatic carbocycles. The second-order valence-corrected chi connectivity index (χ2v) is 7.35. The van der Waals surface area contributed by atoms with Crippen LogP contribution in [0, 0.1) is 0 Å². The summed E-state index contributed by atoms with van der Waals surface area (Å²) in [4.78, 5) is 13.8. The van der Waals surface area contributed by atoms with E-state index in [1.165, 1.54) is 0 Å². The van der Waals surface area contributed by atoms with Crippen LogP contribution in [0.15, 0.2) is 42.5 Å². The van der Waals surface area contributed by atoms with Crippen molar-refractivity contribution in [2.75, 3.05) is 14.1 Å². The van der Waals surface area contributed by atoms with Crippen molar-refractivity contribution >= 4 is 40.1 Å². The van der Waals surface area contributed by atoms with Gasteiger partial charge in [-0.3, -0.25) is 4.90 Å². The van der Waals surface area contributed by atoms with Gasteiger partial charge in [-0.1, -0.05) is 35.3 Å². The number of hydrogen-bond acceptors (Lipinski definition) is 3. The Kier molecular flexibility index (Phi) is 5.65. The molecule has 0 aliphatic rings. The molecule has 5 nitrogen and oxygen atoms in total. The lowest BCUT2D eigenvalue weighted by atomic mass is 10.2. The number of ether oxygens (including phenoxy) is 1. The fourth-order valence-corrected chi connectivity index (χ4v) is 3.14. The van der Waals surface area contributed by atoms with Gasteiger partial charge in [0.1, 0.15) is 17.7 Å². The van der Waals surface area contributed by atoms with Gasteiger partial charge >= 0.3 is 5.97 Å². The third kappa shape index (κ3) is 4.05. The van der Waals surface area contributed by atoms with Crippen LogP contribution in [0.1, 0.15) is 23.0 Å². The minimum atomic E-state index is -1.00. The quantitative estimate of drug-likeness (QED) is 0.586. The molecule has 0 fully saturated rings. The Balaban J connectivity index is 2.09. The molecule has 0 radical (unpaired) electrons. The molecule has 1 unspecified atom stereocenters. The molecule has 0 saturated carbocycles.